The lowest BCUT2D eigenvalue weighted by Crippen LogP contribution is -2.33. The zero-order valence-corrected chi connectivity index (χ0v) is 10.2. The summed E-state index contributed by atoms with van der Waals surface area (Å²) in [6.07, 6.45) is 7.31. The molecule has 1 saturated carbocycles. The second-order valence-electron chi connectivity index (χ2n) is 5.32. The van der Waals surface area contributed by atoms with Crippen molar-refractivity contribution in [3.05, 3.63) is 0 Å². The molecule has 0 aromatic rings. The molecule has 1 heterocycles. The molecular formula is C13H25NO. The van der Waals surface area contributed by atoms with E-state index in [0.717, 1.165) is 24.5 Å². The molecule has 0 aromatic carbocycles. The van der Waals surface area contributed by atoms with Crippen molar-refractivity contribution >= 4 is 0 Å². The van der Waals surface area contributed by atoms with Gasteiger partial charge in [0.2, 0.25) is 0 Å². The third kappa shape index (κ3) is 2.94. The second-order valence-corrected chi connectivity index (χ2v) is 5.32. The molecule has 1 saturated heterocycles. The predicted octanol–water partition coefficient (Wildman–Crippen LogP) is 2.58. The van der Waals surface area contributed by atoms with Crippen LogP contribution in [0, 0.1) is 11.8 Å². The smallest absolute Gasteiger partial charge is 0.0588 e. The average Bonchev–Trinajstić information content (AvgIpc) is 2.84. The molecule has 1 N–H and O–H groups in total. The van der Waals surface area contributed by atoms with E-state index in [4.69, 9.17) is 4.74 Å². The summed E-state index contributed by atoms with van der Waals surface area (Å²) in [6, 6.07) is 0.794. The van der Waals surface area contributed by atoms with Gasteiger partial charge in [0.1, 0.15) is 0 Å². The van der Waals surface area contributed by atoms with Gasteiger partial charge in [-0.3, -0.25) is 0 Å². The van der Waals surface area contributed by atoms with E-state index >= 15 is 0 Å². The van der Waals surface area contributed by atoms with Crippen molar-refractivity contribution in [2.24, 2.45) is 11.8 Å². The van der Waals surface area contributed by atoms with E-state index in [1.807, 2.05) is 0 Å². The van der Waals surface area contributed by atoms with Gasteiger partial charge in [-0.2, -0.15) is 0 Å². The molecule has 2 nitrogen and oxygen atoms in total. The summed E-state index contributed by atoms with van der Waals surface area (Å²) in [5.74, 6) is 1.74. The molecule has 4 atom stereocenters. The largest absolute Gasteiger partial charge is 0.378 e. The van der Waals surface area contributed by atoms with Gasteiger partial charge in [0.25, 0.3) is 0 Å². The highest BCUT2D eigenvalue weighted by Gasteiger charge is 2.27. The lowest BCUT2D eigenvalue weighted by atomic mass is 10.0. The maximum absolute atomic E-state index is 5.58. The molecule has 0 radical (unpaired) electrons. The van der Waals surface area contributed by atoms with Gasteiger partial charge < -0.3 is 10.1 Å². The molecule has 0 aromatic heterocycles. The van der Waals surface area contributed by atoms with Crippen LogP contribution in [0.3, 0.4) is 0 Å². The Hall–Kier alpha value is -0.0800. The quantitative estimate of drug-likeness (QED) is 0.771. The first-order valence-corrected chi connectivity index (χ1v) is 6.64. The summed E-state index contributed by atoms with van der Waals surface area (Å²) in [7, 11) is 0. The van der Waals surface area contributed by atoms with Crippen molar-refractivity contribution < 1.29 is 4.74 Å². The maximum Gasteiger partial charge on any atom is 0.0588 e. The summed E-state index contributed by atoms with van der Waals surface area (Å²) in [6.45, 7) is 6.67. The Morgan fingerprint density at radius 3 is 2.73 bits per heavy atom. The minimum Gasteiger partial charge on any atom is -0.378 e. The molecule has 0 amide bonds. The minimum atomic E-state index is 0.473. The van der Waals surface area contributed by atoms with E-state index in [1.54, 1.807) is 0 Å². The first kappa shape index (κ1) is 11.4. The first-order chi connectivity index (χ1) is 7.29. The molecule has 1 aliphatic carbocycles. The van der Waals surface area contributed by atoms with Crippen LogP contribution in [0.1, 0.15) is 46.0 Å². The molecule has 15 heavy (non-hydrogen) atoms. The molecule has 2 fully saturated rings. The molecule has 1 aliphatic heterocycles. The number of nitrogens with one attached hydrogen (secondary N) is 1. The highest BCUT2D eigenvalue weighted by molar-refractivity contribution is 4.82. The summed E-state index contributed by atoms with van der Waals surface area (Å²) >= 11 is 0. The molecular weight excluding hydrogens is 186 g/mol. The van der Waals surface area contributed by atoms with E-state index in [0.29, 0.717) is 6.10 Å². The van der Waals surface area contributed by atoms with Crippen molar-refractivity contribution in [2.45, 2.75) is 58.1 Å². The van der Waals surface area contributed by atoms with Crippen LogP contribution < -0.4 is 5.32 Å². The Morgan fingerprint density at radius 2 is 2.13 bits per heavy atom. The number of hydrogen-bond donors (Lipinski definition) is 1. The summed E-state index contributed by atoms with van der Waals surface area (Å²) in [4.78, 5) is 0. The van der Waals surface area contributed by atoms with Crippen LogP contribution in [0.5, 0.6) is 0 Å². The summed E-state index contributed by atoms with van der Waals surface area (Å²) in [5, 5.41) is 3.74. The van der Waals surface area contributed by atoms with Crippen molar-refractivity contribution in [1.82, 2.24) is 5.32 Å². The van der Waals surface area contributed by atoms with Gasteiger partial charge in [-0.05, 0) is 44.4 Å². The Kier molecular flexibility index (Phi) is 4.04. The van der Waals surface area contributed by atoms with Crippen LogP contribution >= 0.6 is 0 Å². The molecule has 2 rings (SSSR count). The van der Waals surface area contributed by atoms with Crippen LogP contribution in [0.15, 0.2) is 0 Å². The lowest BCUT2D eigenvalue weighted by Gasteiger charge is -2.18. The Morgan fingerprint density at radius 1 is 1.27 bits per heavy atom. The van der Waals surface area contributed by atoms with Gasteiger partial charge in [-0.25, -0.2) is 0 Å². The fourth-order valence-electron chi connectivity index (χ4n) is 2.99. The number of hydrogen-bond acceptors (Lipinski definition) is 2. The van der Waals surface area contributed by atoms with Crippen LogP contribution in [0.4, 0.5) is 0 Å². The molecule has 0 spiro atoms. The van der Waals surface area contributed by atoms with Crippen molar-refractivity contribution in [2.75, 3.05) is 13.2 Å². The normalized spacial score (nSPS) is 41.2. The van der Waals surface area contributed by atoms with E-state index < -0.39 is 0 Å². The van der Waals surface area contributed by atoms with Crippen molar-refractivity contribution in [1.29, 1.82) is 0 Å². The average molecular weight is 211 g/mol. The summed E-state index contributed by atoms with van der Waals surface area (Å²) < 4.78 is 5.58. The van der Waals surface area contributed by atoms with E-state index in [1.165, 1.54) is 38.6 Å². The third-order valence-corrected chi connectivity index (χ3v) is 4.32. The topological polar surface area (TPSA) is 21.3 Å². The highest BCUT2D eigenvalue weighted by atomic mass is 16.5. The Labute approximate surface area is 93.8 Å². The monoisotopic (exact) mass is 211 g/mol. The molecule has 4 unspecified atom stereocenters. The van der Waals surface area contributed by atoms with E-state index in [9.17, 15) is 0 Å². The van der Waals surface area contributed by atoms with Crippen molar-refractivity contribution in [3.8, 4) is 0 Å². The fourth-order valence-corrected chi connectivity index (χ4v) is 2.99. The van der Waals surface area contributed by atoms with Gasteiger partial charge in [0.05, 0.1) is 6.10 Å². The van der Waals surface area contributed by atoms with E-state index in [-0.39, 0.29) is 0 Å². The molecule has 2 aliphatic rings. The standard InChI is InChI=1S/C13H25NO/c1-3-11-4-5-13(8-11)14-9-12-6-7-15-10(12)2/h10-14H,3-9H2,1-2H3. The van der Waals surface area contributed by atoms with Crippen LogP contribution in [0.2, 0.25) is 0 Å². The third-order valence-electron chi connectivity index (χ3n) is 4.32. The Bertz CT molecular complexity index is 195. The molecule has 2 heteroatoms. The maximum atomic E-state index is 5.58. The van der Waals surface area contributed by atoms with Gasteiger partial charge in [-0.1, -0.05) is 13.3 Å². The minimum absolute atomic E-state index is 0.473. The van der Waals surface area contributed by atoms with Crippen LogP contribution in [-0.4, -0.2) is 25.3 Å². The fraction of sp³-hybridized carbons (Fsp3) is 1.00. The Balaban J connectivity index is 1.66. The second kappa shape index (κ2) is 5.31. The molecule has 88 valence electrons. The zero-order chi connectivity index (χ0) is 10.7. The lowest BCUT2D eigenvalue weighted by molar-refractivity contribution is 0.105. The van der Waals surface area contributed by atoms with Gasteiger partial charge >= 0.3 is 0 Å². The first-order valence-electron chi connectivity index (χ1n) is 6.64. The number of rotatable bonds is 4. The van der Waals surface area contributed by atoms with E-state index in [2.05, 4.69) is 19.2 Å². The van der Waals surface area contributed by atoms with Gasteiger partial charge in [0.15, 0.2) is 0 Å². The highest BCUT2D eigenvalue weighted by Crippen LogP contribution is 2.28. The summed E-state index contributed by atoms with van der Waals surface area (Å²) in [5.41, 5.74) is 0. The number of ether oxygens (including phenoxy) is 1. The van der Waals surface area contributed by atoms with Crippen LogP contribution in [0.25, 0.3) is 0 Å². The van der Waals surface area contributed by atoms with Gasteiger partial charge in [0, 0.05) is 19.2 Å². The SMILES string of the molecule is CCC1CCC(NCC2CCOC2C)C1. The van der Waals surface area contributed by atoms with Crippen LogP contribution in [-0.2, 0) is 4.74 Å². The zero-order valence-electron chi connectivity index (χ0n) is 10.2. The molecule has 0 bridgehead atoms. The van der Waals surface area contributed by atoms with Gasteiger partial charge in [-0.15, -0.1) is 0 Å². The van der Waals surface area contributed by atoms with Crippen molar-refractivity contribution in [3.63, 3.8) is 0 Å². The predicted molar refractivity (Wildman–Crippen MR) is 62.9 cm³/mol.